The number of benzene rings is 1. The number of pyridine rings is 1. The highest BCUT2D eigenvalue weighted by atomic mass is 35.5. The predicted octanol–water partition coefficient (Wildman–Crippen LogP) is 4.21. The maximum Gasteiger partial charge on any atom is 0.0829 e. The van der Waals surface area contributed by atoms with Crippen LogP contribution in [0.25, 0.3) is 11.1 Å². The predicted molar refractivity (Wildman–Crippen MR) is 107 cm³/mol. The lowest BCUT2D eigenvalue weighted by Gasteiger charge is -2.35. The van der Waals surface area contributed by atoms with Crippen molar-refractivity contribution in [3.05, 3.63) is 71.3 Å². The Hall–Kier alpha value is -2.30. The molecule has 1 atom stereocenters. The van der Waals surface area contributed by atoms with Gasteiger partial charge in [-0.15, -0.1) is 0 Å². The highest BCUT2D eigenvalue weighted by molar-refractivity contribution is 6.30. The van der Waals surface area contributed by atoms with Crippen LogP contribution in [-0.4, -0.2) is 29.2 Å². The Kier molecular flexibility index (Phi) is 4.70. The molecule has 5 heteroatoms. The molecule has 3 heterocycles. The van der Waals surface area contributed by atoms with Crippen LogP contribution in [0.3, 0.4) is 0 Å². The van der Waals surface area contributed by atoms with Crippen molar-refractivity contribution in [3.8, 4) is 11.1 Å². The van der Waals surface area contributed by atoms with E-state index in [4.69, 9.17) is 16.9 Å². The summed E-state index contributed by atoms with van der Waals surface area (Å²) in [4.78, 5) is 6.53. The van der Waals surface area contributed by atoms with E-state index in [1.165, 1.54) is 28.1 Å². The van der Waals surface area contributed by atoms with Crippen molar-refractivity contribution in [2.75, 3.05) is 24.5 Å². The molecule has 2 aromatic heterocycles. The van der Waals surface area contributed by atoms with Crippen LogP contribution in [0.5, 0.6) is 0 Å². The molecule has 0 amide bonds. The molecular weight excluding hydrogens is 344 g/mol. The zero-order valence-corrected chi connectivity index (χ0v) is 15.8. The van der Waals surface area contributed by atoms with Gasteiger partial charge in [-0.1, -0.05) is 23.7 Å². The van der Waals surface area contributed by atoms with Gasteiger partial charge in [0.25, 0.3) is 0 Å². The lowest BCUT2D eigenvalue weighted by atomic mass is 9.97. The normalized spacial score (nSPS) is 17.5. The zero-order valence-electron chi connectivity index (χ0n) is 15.1. The second-order valence-corrected chi connectivity index (χ2v) is 7.20. The summed E-state index contributed by atoms with van der Waals surface area (Å²) in [6, 6.07) is 12.4. The summed E-state index contributed by atoms with van der Waals surface area (Å²) < 4.78 is 2.23. The van der Waals surface area contributed by atoms with Crippen LogP contribution < -0.4 is 10.2 Å². The summed E-state index contributed by atoms with van der Waals surface area (Å²) >= 11 is 6.08. The number of hydrogen-bond acceptors (Lipinski definition) is 2. The van der Waals surface area contributed by atoms with Crippen LogP contribution >= 0.6 is 11.6 Å². The number of piperazine rings is 1. The van der Waals surface area contributed by atoms with E-state index in [-0.39, 0.29) is 6.04 Å². The molecule has 0 spiro atoms. The third kappa shape index (κ3) is 3.22. The summed E-state index contributed by atoms with van der Waals surface area (Å²) in [5, 5.41) is 5.71. The van der Waals surface area contributed by atoms with E-state index < -0.39 is 0 Å². The summed E-state index contributed by atoms with van der Waals surface area (Å²) in [6.45, 7) is 4.82. The van der Waals surface area contributed by atoms with E-state index in [0.29, 0.717) is 0 Å². The fourth-order valence-electron chi connectivity index (χ4n) is 3.85. The molecule has 133 valence electrons. The number of hydrogen-bond donors (Lipinski definition) is 0. The van der Waals surface area contributed by atoms with Gasteiger partial charge >= 0.3 is 0 Å². The van der Waals surface area contributed by atoms with Gasteiger partial charge in [-0.05, 0) is 42.3 Å². The SMILES string of the molecule is Cc1cn(C)c(C2CN(c3ccncc3)CC[N]2)c1-c1ccc(Cl)cc1. The van der Waals surface area contributed by atoms with Crippen LogP contribution in [0.1, 0.15) is 17.3 Å². The fourth-order valence-corrected chi connectivity index (χ4v) is 3.98. The molecule has 1 saturated heterocycles. The molecule has 1 aromatic carbocycles. The largest absolute Gasteiger partial charge is 0.368 e. The van der Waals surface area contributed by atoms with Crippen LogP contribution in [-0.2, 0) is 7.05 Å². The first kappa shape index (κ1) is 17.1. The minimum Gasteiger partial charge on any atom is -0.368 e. The van der Waals surface area contributed by atoms with E-state index in [2.05, 4.69) is 58.9 Å². The first-order valence-electron chi connectivity index (χ1n) is 8.87. The minimum absolute atomic E-state index is 0.140. The summed E-state index contributed by atoms with van der Waals surface area (Å²) in [5.41, 5.74) is 6.21. The quantitative estimate of drug-likeness (QED) is 0.696. The average molecular weight is 366 g/mol. The molecule has 1 radical (unpaired) electrons. The van der Waals surface area contributed by atoms with Gasteiger partial charge in [0.15, 0.2) is 0 Å². The zero-order chi connectivity index (χ0) is 18.1. The van der Waals surface area contributed by atoms with Crippen molar-refractivity contribution in [1.29, 1.82) is 0 Å². The van der Waals surface area contributed by atoms with Crippen LogP contribution in [0.15, 0.2) is 55.0 Å². The van der Waals surface area contributed by atoms with Gasteiger partial charge in [0.1, 0.15) is 0 Å². The monoisotopic (exact) mass is 365 g/mol. The summed E-state index contributed by atoms with van der Waals surface area (Å²) in [6.07, 6.45) is 5.89. The Morgan fingerprint density at radius 3 is 2.54 bits per heavy atom. The van der Waals surface area contributed by atoms with Gasteiger partial charge in [0.2, 0.25) is 0 Å². The van der Waals surface area contributed by atoms with Gasteiger partial charge in [-0.25, -0.2) is 5.32 Å². The molecule has 1 aliphatic heterocycles. The first-order valence-corrected chi connectivity index (χ1v) is 9.24. The second kappa shape index (κ2) is 7.14. The van der Waals surface area contributed by atoms with Crippen molar-refractivity contribution < 1.29 is 0 Å². The molecule has 26 heavy (non-hydrogen) atoms. The maximum absolute atomic E-state index is 6.08. The van der Waals surface area contributed by atoms with Gasteiger partial charge in [-0.3, -0.25) is 4.98 Å². The van der Waals surface area contributed by atoms with Crippen molar-refractivity contribution in [1.82, 2.24) is 14.9 Å². The molecule has 0 aliphatic carbocycles. The molecule has 3 aromatic rings. The third-order valence-corrected chi connectivity index (χ3v) is 5.26. The average Bonchev–Trinajstić information content (AvgIpc) is 2.97. The number of rotatable bonds is 3. The molecule has 1 unspecified atom stereocenters. The number of anilines is 1. The Balaban J connectivity index is 1.70. The topological polar surface area (TPSA) is 35.2 Å². The van der Waals surface area contributed by atoms with Gasteiger partial charge in [-0.2, -0.15) is 0 Å². The number of aryl methyl sites for hydroxylation is 2. The Labute approximate surface area is 159 Å². The van der Waals surface area contributed by atoms with Crippen molar-refractivity contribution in [2.24, 2.45) is 7.05 Å². The standard InChI is InChI=1S/C21H22ClN4/c1-15-13-25(2)21(20(15)16-3-5-17(22)6-4-16)19-14-26(12-11-24-19)18-7-9-23-10-8-18/h3-10,13,19H,11-12,14H2,1-2H3. The molecule has 1 fully saturated rings. The van der Waals surface area contributed by atoms with Crippen LogP contribution in [0.4, 0.5) is 5.69 Å². The summed E-state index contributed by atoms with van der Waals surface area (Å²) in [5.74, 6) is 0. The van der Waals surface area contributed by atoms with E-state index >= 15 is 0 Å². The minimum atomic E-state index is 0.140. The van der Waals surface area contributed by atoms with Crippen LogP contribution in [0.2, 0.25) is 5.02 Å². The molecule has 1 aliphatic rings. The third-order valence-electron chi connectivity index (χ3n) is 5.01. The Bertz CT molecular complexity index is 886. The van der Waals surface area contributed by atoms with E-state index in [1.807, 2.05) is 24.5 Å². The number of nitrogens with zero attached hydrogens (tertiary/aromatic N) is 4. The second-order valence-electron chi connectivity index (χ2n) is 6.76. The van der Waals surface area contributed by atoms with Crippen molar-refractivity contribution >= 4 is 17.3 Å². The molecule has 0 saturated carbocycles. The smallest absolute Gasteiger partial charge is 0.0829 e. The Morgan fingerprint density at radius 2 is 1.81 bits per heavy atom. The molecular formula is C21H22ClN4. The van der Waals surface area contributed by atoms with Crippen molar-refractivity contribution in [3.63, 3.8) is 0 Å². The summed E-state index contributed by atoms with van der Waals surface area (Å²) in [7, 11) is 2.11. The maximum atomic E-state index is 6.08. The van der Waals surface area contributed by atoms with E-state index in [1.54, 1.807) is 0 Å². The van der Waals surface area contributed by atoms with Crippen LogP contribution in [0, 0.1) is 6.92 Å². The molecule has 0 N–H and O–H groups in total. The molecule has 4 nitrogen and oxygen atoms in total. The lowest BCUT2D eigenvalue weighted by molar-refractivity contribution is 0.445. The van der Waals surface area contributed by atoms with Gasteiger partial charge in [0.05, 0.1) is 6.04 Å². The number of aromatic nitrogens is 2. The number of halogens is 1. The lowest BCUT2D eigenvalue weighted by Crippen LogP contribution is -2.43. The van der Waals surface area contributed by atoms with Gasteiger partial charge in [0, 0.05) is 67.2 Å². The van der Waals surface area contributed by atoms with Crippen molar-refractivity contribution in [2.45, 2.75) is 13.0 Å². The highest BCUT2D eigenvalue weighted by Gasteiger charge is 2.28. The molecule has 4 rings (SSSR count). The Morgan fingerprint density at radius 1 is 1.08 bits per heavy atom. The molecule has 0 bridgehead atoms. The van der Waals surface area contributed by atoms with E-state index in [0.717, 1.165) is 24.7 Å². The fraction of sp³-hybridized carbons (Fsp3) is 0.286. The first-order chi connectivity index (χ1) is 12.6. The highest BCUT2D eigenvalue weighted by Crippen LogP contribution is 2.35. The van der Waals surface area contributed by atoms with E-state index in [9.17, 15) is 0 Å². The van der Waals surface area contributed by atoms with Gasteiger partial charge < -0.3 is 9.47 Å².